The molecule has 0 amide bonds. The molecule has 1 atom stereocenters. The van der Waals surface area contributed by atoms with Crippen molar-refractivity contribution < 1.29 is 9.50 Å². The van der Waals surface area contributed by atoms with Crippen LogP contribution in [0.5, 0.6) is 0 Å². The van der Waals surface area contributed by atoms with E-state index in [9.17, 15) is 4.39 Å². The van der Waals surface area contributed by atoms with Crippen LogP contribution in [0.3, 0.4) is 0 Å². The predicted octanol–water partition coefficient (Wildman–Crippen LogP) is 2.87. The largest absolute Gasteiger partial charge is 0.396 e. The third kappa shape index (κ3) is 2.94. The Morgan fingerprint density at radius 2 is 2.33 bits per heavy atom. The van der Waals surface area contributed by atoms with Crippen molar-refractivity contribution in [3.8, 4) is 0 Å². The zero-order valence-corrected chi connectivity index (χ0v) is 8.39. The average Bonchev–Trinajstić information content (AvgIpc) is 2.22. The number of hydrogen-bond donors (Lipinski definition) is 1. The van der Waals surface area contributed by atoms with Crippen LogP contribution in [0.15, 0.2) is 23.3 Å². The second kappa shape index (κ2) is 5.34. The second-order valence-corrected chi connectivity index (χ2v) is 3.24. The van der Waals surface area contributed by atoms with Crippen LogP contribution in [0.2, 0.25) is 0 Å². The van der Waals surface area contributed by atoms with E-state index in [-0.39, 0.29) is 12.4 Å². The van der Waals surface area contributed by atoms with Crippen molar-refractivity contribution in [1.82, 2.24) is 0 Å². The molecule has 0 fully saturated rings. The third-order valence-electron chi connectivity index (χ3n) is 2.16. The number of benzene rings is 1. The van der Waals surface area contributed by atoms with Gasteiger partial charge in [0.2, 0.25) is 0 Å². The SMILES string of the molecule is Cc1cc(C(CCO)N=[N+]=[N-])ccc1F. The summed E-state index contributed by atoms with van der Waals surface area (Å²) in [5.74, 6) is -0.289. The topological polar surface area (TPSA) is 69.0 Å². The van der Waals surface area contributed by atoms with Crippen molar-refractivity contribution >= 4 is 0 Å². The van der Waals surface area contributed by atoms with Gasteiger partial charge in [0.1, 0.15) is 5.82 Å². The fraction of sp³-hybridized carbons (Fsp3) is 0.400. The van der Waals surface area contributed by atoms with E-state index < -0.39 is 6.04 Å². The first-order chi connectivity index (χ1) is 7.19. The minimum Gasteiger partial charge on any atom is -0.396 e. The Morgan fingerprint density at radius 3 is 2.87 bits per heavy atom. The van der Waals surface area contributed by atoms with Gasteiger partial charge >= 0.3 is 0 Å². The molecule has 1 aromatic carbocycles. The molecule has 80 valence electrons. The van der Waals surface area contributed by atoms with E-state index in [0.717, 1.165) is 5.56 Å². The molecule has 0 aliphatic carbocycles. The van der Waals surface area contributed by atoms with Gasteiger partial charge in [0.15, 0.2) is 0 Å². The molecule has 1 aromatic rings. The Bertz CT molecular complexity index is 388. The van der Waals surface area contributed by atoms with Crippen LogP contribution in [0, 0.1) is 12.7 Å². The monoisotopic (exact) mass is 209 g/mol. The van der Waals surface area contributed by atoms with E-state index in [1.807, 2.05) is 0 Å². The standard InChI is InChI=1S/C10H12FN3O/c1-7-6-8(2-3-9(7)11)10(4-5-15)13-14-12/h2-3,6,10,15H,4-5H2,1H3. The van der Waals surface area contributed by atoms with Gasteiger partial charge in [-0.25, -0.2) is 4.39 Å². The van der Waals surface area contributed by atoms with Crippen molar-refractivity contribution in [2.24, 2.45) is 5.11 Å². The fourth-order valence-electron chi connectivity index (χ4n) is 1.35. The van der Waals surface area contributed by atoms with Gasteiger partial charge in [-0.1, -0.05) is 17.2 Å². The van der Waals surface area contributed by atoms with Crippen LogP contribution in [-0.2, 0) is 0 Å². The van der Waals surface area contributed by atoms with Gasteiger partial charge < -0.3 is 5.11 Å². The number of aliphatic hydroxyl groups excluding tert-OH is 1. The maximum Gasteiger partial charge on any atom is 0.126 e. The Hall–Kier alpha value is -1.58. The molecule has 4 nitrogen and oxygen atoms in total. The number of nitrogens with zero attached hydrogens (tertiary/aromatic N) is 3. The number of halogens is 1. The molecule has 0 saturated heterocycles. The minimum absolute atomic E-state index is 0.0693. The zero-order valence-electron chi connectivity index (χ0n) is 8.39. The zero-order chi connectivity index (χ0) is 11.3. The Kier molecular flexibility index (Phi) is 4.09. The highest BCUT2D eigenvalue weighted by atomic mass is 19.1. The predicted molar refractivity (Wildman–Crippen MR) is 54.7 cm³/mol. The van der Waals surface area contributed by atoms with E-state index in [2.05, 4.69) is 10.0 Å². The van der Waals surface area contributed by atoms with Crippen molar-refractivity contribution in [2.45, 2.75) is 19.4 Å². The van der Waals surface area contributed by atoms with Gasteiger partial charge in [-0.15, -0.1) is 0 Å². The first kappa shape index (κ1) is 11.5. The lowest BCUT2D eigenvalue weighted by Gasteiger charge is -2.10. The lowest BCUT2D eigenvalue weighted by molar-refractivity contribution is 0.276. The molecule has 0 saturated carbocycles. The van der Waals surface area contributed by atoms with E-state index >= 15 is 0 Å². The summed E-state index contributed by atoms with van der Waals surface area (Å²) in [7, 11) is 0. The normalized spacial score (nSPS) is 11.9. The highest BCUT2D eigenvalue weighted by molar-refractivity contribution is 5.26. The fourth-order valence-corrected chi connectivity index (χ4v) is 1.35. The molecule has 0 aliphatic rings. The first-order valence-electron chi connectivity index (χ1n) is 4.60. The summed E-state index contributed by atoms with van der Waals surface area (Å²) in [6, 6.07) is 4.10. The molecule has 1 N–H and O–H groups in total. The highest BCUT2D eigenvalue weighted by Gasteiger charge is 2.10. The Labute approximate surface area is 87.0 Å². The van der Waals surface area contributed by atoms with E-state index in [1.54, 1.807) is 19.1 Å². The van der Waals surface area contributed by atoms with Gasteiger partial charge in [-0.2, -0.15) is 0 Å². The minimum atomic E-state index is -0.431. The molecule has 0 bridgehead atoms. The molecule has 0 spiro atoms. The molecule has 0 aromatic heterocycles. The Morgan fingerprint density at radius 1 is 1.60 bits per heavy atom. The molecule has 0 radical (unpaired) electrons. The summed E-state index contributed by atoms with van der Waals surface area (Å²) in [6.45, 7) is 1.57. The van der Waals surface area contributed by atoms with Gasteiger partial charge in [-0.3, -0.25) is 0 Å². The van der Waals surface area contributed by atoms with Crippen molar-refractivity contribution in [2.75, 3.05) is 6.61 Å². The molecule has 1 rings (SSSR count). The van der Waals surface area contributed by atoms with Crippen LogP contribution in [0.25, 0.3) is 10.4 Å². The quantitative estimate of drug-likeness (QED) is 0.462. The molecule has 0 aliphatic heterocycles. The Balaban J connectivity index is 3.00. The number of aryl methyl sites for hydroxylation is 1. The number of hydrogen-bond acceptors (Lipinski definition) is 2. The van der Waals surface area contributed by atoms with Crippen LogP contribution >= 0.6 is 0 Å². The van der Waals surface area contributed by atoms with Crippen molar-refractivity contribution in [3.05, 3.63) is 45.6 Å². The summed E-state index contributed by atoms with van der Waals surface area (Å²) in [6.07, 6.45) is 0.342. The lowest BCUT2D eigenvalue weighted by Crippen LogP contribution is -1.99. The highest BCUT2D eigenvalue weighted by Crippen LogP contribution is 2.23. The molecule has 1 unspecified atom stereocenters. The van der Waals surface area contributed by atoms with Crippen LogP contribution in [0.4, 0.5) is 4.39 Å². The van der Waals surface area contributed by atoms with E-state index in [1.165, 1.54) is 6.07 Å². The van der Waals surface area contributed by atoms with Crippen LogP contribution in [-0.4, -0.2) is 11.7 Å². The number of aliphatic hydroxyl groups is 1. The molecule has 15 heavy (non-hydrogen) atoms. The van der Waals surface area contributed by atoms with Crippen molar-refractivity contribution in [1.29, 1.82) is 0 Å². The van der Waals surface area contributed by atoms with Crippen molar-refractivity contribution in [3.63, 3.8) is 0 Å². The van der Waals surface area contributed by atoms with Gasteiger partial charge in [0.25, 0.3) is 0 Å². The van der Waals surface area contributed by atoms with E-state index in [4.69, 9.17) is 10.6 Å². The first-order valence-corrected chi connectivity index (χ1v) is 4.60. The summed E-state index contributed by atoms with van der Waals surface area (Å²) in [4.78, 5) is 2.70. The summed E-state index contributed by atoms with van der Waals surface area (Å²) in [5.41, 5.74) is 9.58. The number of azide groups is 1. The average molecular weight is 209 g/mol. The number of rotatable bonds is 4. The smallest absolute Gasteiger partial charge is 0.126 e. The van der Waals surface area contributed by atoms with Crippen LogP contribution < -0.4 is 0 Å². The lowest BCUT2D eigenvalue weighted by atomic mass is 10.0. The molecular formula is C10H12FN3O. The molecule has 0 heterocycles. The summed E-state index contributed by atoms with van der Waals surface area (Å²) >= 11 is 0. The summed E-state index contributed by atoms with van der Waals surface area (Å²) in [5, 5.41) is 12.3. The maximum atomic E-state index is 13.0. The van der Waals surface area contributed by atoms with Gasteiger partial charge in [-0.05, 0) is 36.1 Å². The molecular weight excluding hydrogens is 197 g/mol. The summed E-state index contributed by atoms with van der Waals surface area (Å²) < 4.78 is 13.0. The third-order valence-corrected chi connectivity index (χ3v) is 2.16. The van der Waals surface area contributed by atoms with Gasteiger partial charge in [0, 0.05) is 11.5 Å². The maximum absolute atomic E-state index is 13.0. The van der Waals surface area contributed by atoms with Crippen LogP contribution in [0.1, 0.15) is 23.6 Å². The second-order valence-electron chi connectivity index (χ2n) is 3.24. The van der Waals surface area contributed by atoms with Gasteiger partial charge in [0.05, 0.1) is 6.04 Å². The molecule has 5 heteroatoms. The van der Waals surface area contributed by atoms with E-state index in [0.29, 0.717) is 12.0 Å².